The SMILES string of the molecule is C=S(=C)(CN1CCN(S(C)(=O)=O)CC1)C1=CC1. The molecule has 1 fully saturated rings. The molecule has 0 aromatic rings. The molecule has 2 aliphatic rings. The van der Waals surface area contributed by atoms with Gasteiger partial charge < -0.3 is 0 Å². The normalized spacial score (nSPS) is 23.5. The van der Waals surface area contributed by atoms with E-state index in [0.717, 1.165) is 25.4 Å². The van der Waals surface area contributed by atoms with E-state index < -0.39 is 19.2 Å². The fourth-order valence-corrected chi connectivity index (χ4v) is 4.76. The lowest BCUT2D eigenvalue weighted by Crippen LogP contribution is -2.48. The number of allylic oxidation sites excluding steroid dienone is 2. The Balaban J connectivity index is 1.90. The molecule has 1 aliphatic carbocycles. The van der Waals surface area contributed by atoms with Gasteiger partial charge in [0.05, 0.1) is 6.26 Å². The highest BCUT2D eigenvalue weighted by atomic mass is 32.2. The van der Waals surface area contributed by atoms with Gasteiger partial charge in [0.15, 0.2) is 0 Å². The molecule has 0 aromatic heterocycles. The number of nitrogens with zero attached hydrogens (tertiary/aromatic N) is 2. The Hall–Kier alpha value is -0.300. The van der Waals surface area contributed by atoms with Crippen molar-refractivity contribution in [1.29, 1.82) is 0 Å². The molecule has 1 heterocycles. The first-order valence-corrected chi connectivity index (χ1v) is 9.61. The van der Waals surface area contributed by atoms with Crippen LogP contribution in [0.4, 0.5) is 0 Å². The molecule has 6 heteroatoms. The topological polar surface area (TPSA) is 40.6 Å². The van der Waals surface area contributed by atoms with Gasteiger partial charge in [-0.2, -0.15) is 13.5 Å². The van der Waals surface area contributed by atoms with Gasteiger partial charge in [0.25, 0.3) is 0 Å². The van der Waals surface area contributed by atoms with Crippen LogP contribution in [0.25, 0.3) is 0 Å². The Morgan fingerprint density at radius 3 is 2.18 bits per heavy atom. The summed E-state index contributed by atoms with van der Waals surface area (Å²) in [5.41, 5.74) is 0. The summed E-state index contributed by atoms with van der Waals surface area (Å²) in [6, 6.07) is 0. The van der Waals surface area contributed by atoms with Crippen LogP contribution in [0.2, 0.25) is 0 Å². The second kappa shape index (κ2) is 4.42. The van der Waals surface area contributed by atoms with Gasteiger partial charge in [-0.25, -0.2) is 8.42 Å². The molecule has 17 heavy (non-hydrogen) atoms. The lowest BCUT2D eigenvalue weighted by Gasteiger charge is -2.34. The summed E-state index contributed by atoms with van der Waals surface area (Å²) in [6.45, 7) is 2.76. The van der Waals surface area contributed by atoms with Gasteiger partial charge in [-0.1, -0.05) is 17.8 Å². The fourth-order valence-electron chi connectivity index (χ4n) is 2.02. The highest BCUT2D eigenvalue weighted by molar-refractivity contribution is 8.31. The van der Waals surface area contributed by atoms with Gasteiger partial charge in [-0.15, -0.1) is 0 Å². The van der Waals surface area contributed by atoms with Crippen molar-refractivity contribution in [3.8, 4) is 0 Å². The zero-order valence-corrected chi connectivity index (χ0v) is 11.9. The summed E-state index contributed by atoms with van der Waals surface area (Å²) >= 11 is 0. The minimum Gasteiger partial charge on any atom is -0.292 e. The van der Waals surface area contributed by atoms with Crippen molar-refractivity contribution in [3.63, 3.8) is 0 Å². The van der Waals surface area contributed by atoms with Crippen molar-refractivity contribution in [2.45, 2.75) is 6.42 Å². The van der Waals surface area contributed by atoms with Gasteiger partial charge in [0.1, 0.15) is 0 Å². The average molecular weight is 276 g/mol. The Kier molecular flexibility index (Phi) is 3.42. The number of rotatable bonds is 4. The molecule has 1 aliphatic heterocycles. The first kappa shape index (κ1) is 13.1. The van der Waals surface area contributed by atoms with Crippen molar-refractivity contribution in [2.24, 2.45) is 0 Å². The van der Waals surface area contributed by atoms with Crippen LogP contribution in [0, 0.1) is 0 Å². The molecule has 0 radical (unpaired) electrons. The number of hydrogen-bond donors (Lipinski definition) is 0. The summed E-state index contributed by atoms with van der Waals surface area (Å²) in [5.74, 6) is 9.35. The summed E-state index contributed by atoms with van der Waals surface area (Å²) in [6.07, 6.45) is 4.55. The predicted octanol–water partition coefficient (Wildman–Crippen LogP) is 0.477. The summed E-state index contributed by atoms with van der Waals surface area (Å²) in [5, 5.41) is 0. The third kappa shape index (κ3) is 3.34. The van der Waals surface area contributed by atoms with E-state index >= 15 is 0 Å². The van der Waals surface area contributed by atoms with E-state index in [-0.39, 0.29) is 0 Å². The highest BCUT2D eigenvalue weighted by Gasteiger charge is 2.25. The molecule has 0 spiro atoms. The van der Waals surface area contributed by atoms with Crippen molar-refractivity contribution < 1.29 is 8.42 Å². The summed E-state index contributed by atoms with van der Waals surface area (Å²) < 4.78 is 24.3. The van der Waals surface area contributed by atoms with Gasteiger partial charge >= 0.3 is 0 Å². The largest absolute Gasteiger partial charge is 0.292 e. The molecule has 0 amide bonds. The molecule has 0 unspecified atom stereocenters. The van der Waals surface area contributed by atoms with Crippen molar-refractivity contribution >= 4 is 31.0 Å². The summed E-state index contributed by atoms with van der Waals surface area (Å²) in [4.78, 5) is 3.69. The number of hydrogen-bond acceptors (Lipinski definition) is 3. The van der Waals surface area contributed by atoms with E-state index in [2.05, 4.69) is 22.7 Å². The van der Waals surface area contributed by atoms with Crippen LogP contribution in [-0.4, -0.2) is 67.7 Å². The average Bonchev–Trinajstić information content (AvgIpc) is 2.99. The van der Waals surface area contributed by atoms with Gasteiger partial charge in [0, 0.05) is 32.1 Å². The van der Waals surface area contributed by atoms with E-state index in [0.29, 0.717) is 13.1 Å². The lowest BCUT2D eigenvalue weighted by atomic mass is 10.4. The molecule has 0 N–H and O–H groups in total. The molecule has 0 atom stereocenters. The molecule has 0 saturated carbocycles. The van der Waals surface area contributed by atoms with E-state index in [1.165, 1.54) is 11.2 Å². The highest BCUT2D eigenvalue weighted by Crippen LogP contribution is 2.42. The molecule has 2 rings (SSSR count). The summed E-state index contributed by atoms with van der Waals surface area (Å²) in [7, 11) is -4.15. The Morgan fingerprint density at radius 1 is 1.24 bits per heavy atom. The molecular formula is C11H20N2O2S2. The number of piperazine rings is 1. The fraction of sp³-hybridized carbons (Fsp3) is 0.636. The minimum atomic E-state index is -3.03. The Morgan fingerprint density at radius 2 is 1.76 bits per heavy atom. The lowest BCUT2D eigenvalue weighted by molar-refractivity contribution is 0.215. The maximum atomic E-state index is 11.4. The quantitative estimate of drug-likeness (QED) is 0.701. The first-order chi connectivity index (χ1) is 7.79. The third-order valence-electron chi connectivity index (χ3n) is 3.16. The first-order valence-electron chi connectivity index (χ1n) is 5.63. The Bertz CT molecular complexity index is 524. The van der Waals surface area contributed by atoms with Crippen LogP contribution in [0.1, 0.15) is 6.42 Å². The van der Waals surface area contributed by atoms with Crippen LogP contribution in [0.5, 0.6) is 0 Å². The van der Waals surface area contributed by atoms with Crippen molar-refractivity contribution in [3.05, 3.63) is 11.0 Å². The molecule has 0 aromatic carbocycles. The van der Waals surface area contributed by atoms with E-state index in [4.69, 9.17) is 0 Å². The van der Waals surface area contributed by atoms with Gasteiger partial charge in [0.2, 0.25) is 10.0 Å². The Labute approximate surface area is 104 Å². The maximum absolute atomic E-state index is 11.4. The zero-order valence-electron chi connectivity index (χ0n) is 10.3. The van der Waals surface area contributed by atoms with E-state index in [1.807, 2.05) is 0 Å². The van der Waals surface area contributed by atoms with Gasteiger partial charge in [-0.05, 0) is 11.3 Å². The van der Waals surface area contributed by atoms with E-state index in [9.17, 15) is 8.42 Å². The van der Waals surface area contributed by atoms with Crippen molar-refractivity contribution in [1.82, 2.24) is 9.21 Å². The van der Waals surface area contributed by atoms with Gasteiger partial charge in [-0.3, -0.25) is 4.90 Å². The predicted molar refractivity (Wildman–Crippen MR) is 77.4 cm³/mol. The van der Waals surface area contributed by atoms with Crippen LogP contribution >= 0.6 is 9.21 Å². The zero-order chi connectivity index (χ0) is 12.7. The minimum absolute atomic E-state index is 0.591. The van der Waals surface area contributed by atoms with Crippen LogP contribution in [0.3, 0.4) is 0 Å². The standard InChI is InChI=1S/C11H20N2O2S2/c1-16(2,11-4-5-11)10-12-6-8-13(9-7-12)17(3,14)15/h4H,1-2,5-10H2,3H3. The van der Waals surface area contributed by atoms with Crippen molar-refractivity contribution in [2.75, 3.05) is 38.3 Å². The van der Waals surface area contributed by atoms with Crippen LogP contribution in [-0.2, 0) is 10.0 Å². The monoisotopic (exact) mass is 276 g/mol. The molecule has 0 bridgehead atoms. The van der Waals surface area contributed by atoms with Crippen LogP contribution < -0.4 is 0 Å². The van der Waals surface area contributed by atoms with E-state index in [1.54, 1.807) is 4.31 Å². The third-order valence-corrected chi connectivity index (χ3v) is 6.77. The molecule has 98 valence electrons. The van der Waals surface area contributed by atoms with Crippen LogP contribution in [0.15, 0.2) is 11.0 Å². The molecule has 1 saturated heterocycles. The molecule has 4 nitrogen and oxygen atoms in total. The number of sulfonamides is 1. The molecular weight excluding hydrogens is 256 g/mol. The maximum Gasteiger partial charge on any atom is 0.211 e. The second-order valence-corrected chi connectivity index (χ2v) is 9.68. The smallest absolute Gasteiger partial charge is 0.211 e. The second-order valence-electron chi connectivity index (χ2n) is 4.83.